The van der Waals surface area contributed by atoms with Gasteiger partial charge in [-0.05, 0) is 80.7 Å². The Morgan fingerprint density at radius 1 is 1.38 bits per heavy atom. The van der Waals surface area contributed by atoms with Gasteiger partial charge in [0, 0.05) is 22.0 Å². The van der Waals surface area contributed by atoms with Gasteiger partial charge in [0.1, 0.15) is 5.82 Å². The highest BCUT2D eigenvalue weighted by molar-refractivity contribution is 9.10. The number of carbonyl (C=O) groups excluding carboxylic acids is 1. The summed E-state index contributed by atoms with van der Waals surface area (Å²) in [5.41, 5.74) is -0.247. The number of nitrogens with one attached hydrogen (secondary N) is 2. The predicted octanol–water partition coefficient (Wildman–Crippen LogP) is 4.70. The SMILES string of the molecule is CCOC(=O)N=[S@](=O)(c1ccc(Nc2ncc(Br)c(N[C@H](C)C(C)(C)O)n2)cc1)C1CC1. The number of amides is 1. The van der Waals surface area contributed by atoms with Crippen molar-refractivity contribution >= 4 is 49.2 Å². The third kappa shape index (κ3) is 5.96. The Labute approximate surface area is 196 Å². The molecule has 0 radical (unpaired) electrons. The van der Waals surface area contributed by atoms with Crippen LogP contribution < -0.4 is 10.6 Å². The van der Waals surface area contributed by atoms with Gasteiger partial charge in [0.15, 0.2) is 0 Å². The average molecular weight is 526 g/mol. The average Bonchev–Trinajstić information content (AvgIpc) is 3.56. The molecule has 0 bridgehead atoms. The van der Waals surface area contributed by atoms with E-state index in [0.29, 0.717) is 26.8 Å². The summed E-state index contributed by atoms with van der Waals surface area (Å²) in [4.78, 5) is 21.1. The minimum atomic E-state index is -2.87. The van der Waals surface area contributed by atoms with Gasteiger partial charge in [-0.25, -0.2) is 14.0 Å². The van der Waals surface area contributed by atoms with E-state index in [2.05, 4.69) is 40.9 Å². The molecule has 11 heteroatoms. The zero-order valence-electron chi connectivity index (χ0n) is 18.5. The fourth-order valence-electron chi connectivity index (χ4n) is 2.74. The number of hydrogen-bond acceptors (Lipinski definition) is 8. The van der Waals surface area contributed by atoms with Crippen molar-refractivity contribution in [1.29, 1.82) is 0 Å². The van der Waals surface area contributed by atoms with Crippen LogP contribution in [0.15, 0.2) is 44.2 Å². The smallest absolute Gasteiger partial charge is 0.442 e. The number of halogens is 1. The number of hydrogen-bond donors (Lipinski definition) is 3. The maximum atomic E-state index is 13.4. The van der Waals surface area contributed by atoms with Gasteiger partial charge in [0.2, 0.25) is 5.95 Å². The van der Waals surface area contributed by atoms with E-state index >= 15 is 0 Å². The fourth-order valence-corrected chi connectivity index (χ4v) is 5.26. The maximum absolute atomic E-state index is 13.4. The largest absolute Gasteiger partial charge is 0.448 e. The highest BCUT2D eigenvalue weighted by Crippen LogP contribution is 2.36. The van der Waals surface area contributed by atoms with Crippen molar-refractivity contribution in [3.63, 3.8) is 0 Å². The number of anilines is 3. The Morgan fingerprint density at radius 2 is 2.03 bits per heavy atom. The summed E-state index contributed by atoms with van der Waals surface area (Å²) in [5, 5.41) is 16.3. The molecule has 1 aromatic heterocycles. The predicted molar refractivity (Wildman–Crippen MR) is 128 cm³/mol. The van der Waals surface area contributed by atoms with E-state index in [0.717, 1.165) is 12.8 Å². The topological polar surface area (TPSA) is 126 Å². The van der Waals surface area contributed by atoms with Crippen LogP contribution in [0.5, 0.6) is 0 Å². The number of carbonyl (C=O) groups is 1. The second-order valence-electron chi connectivity index (χ2n) is 8.12. The van der Waals surface area contributed by atoms with Crippen molar-refractivity contribution in [3.8, 4) is 0 Å². The molecular weight excluding hydrogens is 498 g/mol. The van der Waals surface area contributed by atoms with Crippen molar-refractivity contribution in [3.05, 3.63) is 34.9 Å². The van der Waals surface area contributed by atoms with Crippen LogP contribution in [0.4, 0.5) is 22.2 Å². The first-order chi connectivity index (χ1) is 15.0. The minimum absolute atomic E-state index is 0.132. The summed E-state index contributed by atoms with van der Waals surface area (Å²) in [6.45, 7) is 7.16. The molecule has 3 rings (SSSR count). The van der Waals surface area contributed by atoms with E-state index in [4.69, 9.17) is 4.74 Å². The Bertz CT molecular complexity index is 1090. The van der Waals surface area contributed by atoms with Crippen molar-refractivity contribution in [2.45, 2.75) is 62.3 Å². The minimum Gasteiger partial charge on any atom is -0.448 e. The van der Waals surface area contributed by atoms with Crippen LogP contribution in [-0.4, -0.2) is 48.9 Å². The van der Waals surface area contributed by atoms with Crippen molar-refractivity contribution in [2.75, 3.05) is 17.2 Å². The molecular formula is C21H28BrN5O4S. The zero-order chi connectivity index (χ0) is 23.5. The summed E-state index contributed by atoms with van der Waals surface area (Å²) in [7, 11) is -2.87. The highest BCUT2D eigenvalue weighted by Gasteiger charge is 2.36. The van der Waals surface area contributed by atoms with Gasteiger partial charge in [0.05, 0.1) is 32.5 Å². The molecule has 0 unspecified atom stereocenters. The Kier molecular flexibility index (Phi) is 7.41. The lowest BCUT2D eigenvalue weighted by atomic mass is 10.0. The molecule has 3 N–H and O–H groups in total. The lowest BCUT2D eigenvalue weighted by Crippen LogP contribution is -2.39. The summed E-state index contributed by atoms with van der Waals surface area (Å²) in [5.74, 6) is 0.893. The lowest BCUT2D eigenvalue weighted by Gasteiger charge is -2.27. The molecule has 1 fully saturated rings. The van der Waals surface area contributed by atoms with Crippen LogP contribution >= 0.6 is 15.9 Å². The highest BCUT2D eigenvalue weighted by atomic mass is 79.9. The molecule has 0 saturated heterocycles. The van der Waals surface area contributed by atoms with Crippen LogP contribution in [0, 0.1) is 0 Å². The summed E-state index contributed by atoms with van der Waals surface area (Å²) in [6.07, 6.45) is 2.36. The van der Waals surface area contributed by atoms with Crippen LogP contribution in [0.1, 0.15) is 40.5 Å². The molecule has 174 valence electrons. The summed E-state index contributed by atoms with van der Waals surface area (Å²) in [6, 6.07) is 6.63. The van der Waals surface area contributed by atoms with Crippen LogP contribution in [0.25, 0.3) is 0 Å². The molecule has 9 nitrogen and oxygen atoms in total. The van der Waals surface area contributed by atoms with E-state index < -0.39 is 21.4 Å². The lowest BCUT2D eigenvalue weighted by molar-refractivity contribution is 0.0647. The van der Waals surface area contributed by atoms with Gasteiger partial charge in [0.25, 0.3) is 0 Å². The first-order valence-corrected chi connectivity index (χ1v) is 12.7. The summed E-state index contributed by atoms with van der Waals surface area (Å²) >= 11 is 3.42. The van der Waals surface area contributed by atoms with Gasteiger partial charge in [-0.3, -0.25) is 0 Å². The molecule has 32 heavy (non-hydrogen) atoms. The normalized spacial score (nSPS) is 16.6. The molecule has 1 aliphatic carbocycles. The first kappa shape index (κ1) is 24.4. The summed E-state index contributed by atoms with van der Waals surface area (Å²) < 4.78 is 22.9. The first-order valence-electron chi connectivity index (χ1n) is 10.3. The molecule has 2 atom stereocenters. The number of ether oxygens (including phenoxy) is 1. The van der Waals surface area contributed by atoms with E-state index in [9.17, 15) is 14.1 Å². The van der Waals surface area contributed by atoms with E-state index in [1.54, 1.807) is 51.2 Å². The molecule has 0 aliphatic heterocycles. The van der Waals surface area contributed by atoms with E-state index in [1.165, 1.54) is 0 Å². The number of nitrogens with zero attached hydrogens (tertiary/aromatic N) is 3. The van der Waals surface area contributed by atoms with Crippen molar-refractivity contribution in [1.82, 2.24) is 9.97 Å². The standard InChI is InChI=1S/C21H28BrN5O4S/c1-5-31-20(28)27-32(30,16-10-11-16)15-8-6-14(7-9-15)25-19-23-12-17(22)18(26-19)24-13(2)21(3,4)29/h6-9,12-13,16,29H,5,10-11H2,1-4H3,(H2,23,24,25,26)/t13-,32+/m1/s1. The van der Waals surface area contributed by atoms with Crippen molar-refractivity contribution in [2.24, 2.45) is 4.36 Å². The van der Waals surface area contributed by atoms with Crippen LogP contribution in [-0.2, 0) is 14.5 Å². The Hall–Kier alpha value is -2.24. The van der Waals surface area contributed by atoms with E-state index in [-0.39, 0.29) is 17.9 Å². The molecule has 1 heterocycles. The zero-order valence-corrected chi connectivity index (χ0v) is 20.9. The van der Waals surface area contributed by atoms with Gasteiger partial charge < -0.3 is 20.5 Å². The monoisotopic (exact) mass is 525 g/mol. The number of rotatable bonds is 8. The van der Waals surface area contributed by atoms with Crippen molar-refractivity contribution < 1.29 is 18.8 Å². The van der Waals surface area contributed by atoms with Crippen LogP contribution in [0.2, 0.25) is 0 Å². The maximum Gasteiger partial charge on any atom is 0.442 e. The van der Waals surface area contributed by atoms with Crippen LogP contribution in [0.3, 0.4) is 0 Å². The molecule has 1 saturated carbocycles. The molecule has 0 spiro atoms. The quantitative estimate of drug-likeness (QED) is 0.452. The number of benzene rings is 1. The second kappa shape index (κ2) is 9.72. The molecule has 1 aliphatic rings. The van der Waals surface area contributed by atoms with Gasteiger partial charge in [-0.2, -0.15) is 4.98 Å². The Morgan fingerprint density at radius 3 is 2.59 bits per heavy atom. The van der Waals surface area contributed by atoms with Gasteiger partial charge in [-0.1, -0.05) is 0 Å². The molecule has 1 aromatic carbocycles. The molecule has 1 amide bonds. The van der Waals surface area contributed by atoms with E-state index in [1.807, 2.05) is 6.92 Å². The van der Waals surface area contributed by atoms with Gasteiger partial charge in [-0.15, -0.1) is 4.36 Å². The molecule has 2 aromatic rings. The third-order valence-electron chi connectivity index (χ3n) is 5.06. The number of aromatic nitrogens is 2. The third-order valence-corrected chi connectivity index (χ3v) is 8.38. The fraction of sp³-hybridized carbons (Fsp3) is 0.476. The number of aliphatic hydroxyl groups is 1. The second-order valence-corrected chi connectivity index (χ2v) is 11.4. The Balaban J connectivity index is 1.79. The van der Waals surface area contributed by atoms with Gasteiger partial charge >= 0.3 is 6.09 Å².